The number of benzene rings is 1. The van der Waals surface area contributed by atoms with E-state index in [4.69, 9.17) is 11.6 Å². The monoisotopic (exact) mass is 330 g/mol. The minimum absolute atomic E-state index is 0.0570. The summed E-state index contributed by atoms with van der Waals surface area (Å²) in [6, 6.07) is 6.17. The van der Waals surface area contributed by atoms with Crippen LogP contribution in [0.2, 0.25) is 5.02 Å². The van der Waals surface area contributed by atoms with Crippen LogP contribution < -0.4 is 5.32 Å². The predicted octanol–water partition coefficient (Wildman–Crippen LogP) is 3.77. The molecule has 4 rings (SSSR count). The van der Waals surface area contributed by atoms with E-state index in [0.717, 1.165) is 12.8 Å². The number of nitrogens with zero attached hydrogens (tertiary/aromatic N) is 2. The summed E-state index contributed by atoms with van der Waals surface area (Å²) in [7, 11) is 0. The van der Waals surface area contributed by atoms with Crippen LogP contribution in [0.25, 0.3) is 22.4 Å². The average Bonchev–Trinajstić information content (AvgIpc) is 3.28. The SMILES string of the molecule is O=C(Nc1nccc2[nH]c(-c3c(F)cccc3Cl)nc12)C1CC1. The van der Waals surface area contributed by atoms with E-state index in [1.54, 1.807) is 18.3 Å². The highest BCUT2D eigenvalue weighted by Gasteiger charge is 2.30. The van der Waals surface area contributed by atoms with Gasteiger partial charge in [-0.25, -0.2) is 14.4 Å². The molecule has 1 aliphatic rings. The number of H-pyrrole nitrogens is 1. The molecule has 116 valence electrons. The van der Waals surface area contributed by atoms with Gasteiger partial charge in [-0.2, -0.15) is 0 Å². The first-order chi connectivity index (χ1) is 11.1. The Morgan fingerprint density at radius 1 is 1.35 bits per heavy atom. The van der Waals surface area contributed by atoms with Gasteiger partial charge in [0.05, 0.1) is 16.1 Å². The highest BCUT2D eigenvalue weighted by atomic mass is 35.5. The third kappa shape index (κ3) is 2.55. The van der Waals surface area contributed by atoms with Crippen molar-refractivity contribution >= 4 is 34.4 Å². The zero-order valence-corrected chi connectivity index (χ0v) is 12.7. The zero-order chi connectivity index (χ0) is 16.0. The molecule has 1 aliphatic carbocycles. The van der Waals surface area contributed by atoms with E-state index in [0.29, 0.717) is 22.7 Å². The topological polar surface area (TPSA) is 70.7 Å². The van der Waals surface area contributed by atoms with Gasteiger partial charge >= 0.3 is 0 Å². The summed E-state index contributed by atoms with van der Waals surface area (Å²) in [5.74, 6) is 0.213. The molecule has 0 radical (unpaired) electrons. The Morgan fingerprint density at radius 2 is 2.17 bits per heavy atom. The summed E-state index contributed by atoms with van der Waals surface area (Å²) in [6.45, 7) is 0. The molecule has 0 bridgehead atoms. The molecule has 3 aromatic rings. The first-order valence-electron chi connectivity index (χ1n) is 7.23. The largest absolute Gasteiger partial charge is 0.338 e. The van der Waals surface area contributed by atoms with Crippen LogP contribution in [0.1, 0.15) is 12.8 Å². The van der Waals surface area contributed by atoms with Crippen molar-refractivity contribution in [2.45, 2.75) is 12.8 Å². The van der Waals surface area contributed by atoms with E-state index in [1.165, 1.54) is 12.1 Å². The van der Waals surface area contributed by atoms with Gasteiger partial charge in [0.1, 0.15) is 17.2 Å². The van der Waals surface area contributed by atoms with E-state index in [1.807, 2.05) is 0 Å². The van der Waals surface area contributed by atoms with E-state index < -0.39 is 5.82 Å². The minimum atomic E-state index is -0.465. The maximum Gasteiger partial charge on any atom is 0.228 e. The lowest BCUT2D eigenvalue weighted by Crippen LogP contribution is -2.14. The molecule has 2 N–H and O–H groups in total. The van der Waals surface area contributed by atoms with E-state index in [9.17, 15) is 9.18 Å². The van der Waals surface area contributed by atoms with Crippen LogP contribution in [0.15, 0.2) is 30.5 Å². The molecular weight excluding hydrogens is 319 g/mol. The second-order valence-corrected chi connectivity index (χ2v) is 5.91. The highest BCUT2D eigenvalue weighted by Crippen LogP contribution is 2.33. The fourth-order valence-electron chi connectivity index (χ4n) is 2.43. The zero-order valence-electron chi connectivity index (χ0n) is 11.9. The van der Waals surface area contributed by atoms with E-state index in [-0.39, 0.29) is 22.4 Å². The molecule has 23 heavy (non-hydrogen) atoms. The first kappa shape index (κ1) is 14.1. The van der Waals surface area contributed by atoms with Gasteiger partial charge in [0.2, 0.25) is 5.91 Å². The number of nitrogens with one attached hydrogen (secondary N) is 2. The van der Waals surface area contributed by atoms with Gasteiger partial charge in [0, 0.05) is 12.1 Å². The average molecular weight is 331 g/mol. The Hall–Kier alpha value is -2.47. The Morgan fingerprint density at radius 3 is 2.91 bits per heavy atom. The molecule has 1 aromatic carbocycles. The number of rotatable bonds is 3. The quantitative estimate of drug-likeness (QED) is 0.768. The van der Waals surface area contributed by atoms with Gasteiger partial charge in [-0.05, 0) is 31.0 Å². The van der Waals surface area contributed by atoms with Gasteiger partial charge in [-0.1, -0.05) is 17.7 Å². The maximum absolute atomic E-state index is 14.1. The van der Waals surface area contributed by atoms with Crippen molar-refractivity contribution in [2.75, 3.05) is 5.32 Å². The molecule has 1 saturated carbocycles. The third-order valence-electron chi connectivity index (χ3n) is 3.79. The Bertz CT molecular complexity index is 899. The number of halogens is 2. The lowest BCUT2D eigenvalue weighted by atomic mass is 10.2. The molecule has 0 aliphatic heterocycles. The van der Waals surface area contributed by atoms with Gasteiger partial charge in [-0.15, -0.1) is 0 Å². The van der Waals surface area contributed by atoms with E-state index in [2.05, 4.69) is 20.3 Å². The fourth-order valence-corrected chi connectivity index (χ4v) is 2.69. The molecule has 5 nitrogen and oxygen atoms in total. The van der Waals surface area contributed by atoms with Gasteiger partial charge in [0.15, 0.2) is 5.82 Å². The molecule has 0 atom stereocenters. The number of amides is 1. The molecular formula is C16H12ClFN4O. The lowest BCUT2D eigenvalue weighted by Gasteiger charge is -2.03. The molecule has 1 amide bonds. The van der Waals surface area contributed by atoms with E-state index >= 15 is 0 Å². The number of pyridine rings is 1. The summed E-state index contributed by atoms with van der Waals surface area (Å²) in [6.07, 6.45) is 3.37. The number of aromatic nitrogens is 3. The maximum atomic E-state index is 14.1. The lowest BCUT2D eigenvalue weighted by molar-refractivity contribution is -0.117. The number of hydrogen-bond donors (Lipinski definition) is 2. The second-order valence-electron chi connectivity index (χ2n) is 5.50. The second kappa shape index (κ2) is 5.31. The number of carbonyl (C=O) groups excluding carboxylic acids is 1. The van der Waals surface area contributed by atoms with Gasteiger partial charge in [-0.3, -0.25) is 4.79 Å². The van der Waals surface area contributed by atoms with Crippen LogP contribution in [0, 0.1) is 11.7 Å². The predicted molar refractivity (Wildman–Crippen MR) is 85.6 cm³/mol. The molecule has 0 saturated heterocycles. The summed E-state index contributed by atoms with van der Waals surface area (Å²) < 4.78 is 14.1. The molecule has 0 unspecified atom stereocenters. The van der Waals surface area contributed by atoms with Crippen molar-refractivity contribution in [1.29, 1.82) is 0 Å². The molecule has 0 spiro atoms. The van der Waals surface area contributed by atoms with Crippen molar-refractivity contribution in [3.8, 4) is 11.4 Å². The minimum Gasteiger partial charge on any atom is -0.338 e. The number of imidazole rings is 1. The number of carbonyl (C=O) groups is 1. The van der Waals surface area contributed by atoms with Crippen molar-refractivity contribution < 1.29 is 9.18 Å². The number of fused-ring (bicyclic) bond motifs is 1. The highest BCUT2D eigenvalue weighted by molar-refractivity contribution is 6.33. The van der Waals surface area contributed by atoms with Crippen molar-refractivity contribution in [3.63, 3.8) is 0 Å². The molecule has 2 heterocycles. The summed E-state index contributed by atoms with van der Waals surface area (Å²) in [4.78, 5) is 23.5. The Labute approximate surface area is 135 Å². The van der Waals surface area contributed by atoms with Crippen LogP contribution in [-0.2, 0) is 4.79 Å². The molecule has 2 aromatic heterocycles. The molecule has 1 fully saturated rings. The standard InChI is InChI=1S/C16H12ClFN4O/c17-9-2-1-3-10(18)12(9)14-20-11-6-7-19-15(13(11)21-14)22-16(23)8-4-5-8/h1-3,6-8H,4-5H2,(H,20,21)(H,19,22,23). The number of anilines is 1. The smallest absolute Gasteiger partial charge is 0.228 e. The Balaban J connectivity index is 1.80. The van der Waals surface area contributed by atoms with Crippen LogP contribution in [0.4, 0.5) is 10.2 Å². The van der Waals surface area contributed by atoms with Crippen LogP contribution in [0.3, 0.4) is 0 Å². The van der Waals surface area contributed by atoms with Crippen LogP contribution in [-0.4, -0.2) is 20.9 Å². The summed E-state index contributed by atoms with van der Waals surface area (Å²) in [5, 5.41) is 3.05. The molecule has 7 heteroatoms. The number of hydrogen-bond acceptors (Lipinski definition) is 3. The van der Waals surface area contributed by atoms with Crippen molar-refractivity contribution in [3.05, 3.63) is 41.3 Å². The third-order valence-corrected chi connectivity index (χ3v) is 4.11. The van der Waals surface area contributed by atoms with Gasteiger partial charge in [0.25, 0.3) is 0 Å². The Kier molecular flexibility index (Phi) is 3.27. The van der Waals surface area contributed by atoms with Gasteiger partial charge < -0.3 is 10.3 Å². The normalized spacial score (nSPS) is 14.2. The summed E-state index contributed by atoms with van der Waals surface area (Å²) in [5.41, 5.74) is 1.33. The fraction of sp³-hybridized carbons (Fsp3) is 0.188. The van der Waals surface area contributed by atoms with Crippen LogP contribution in [0.5, 0.6) is 0 Å². The summed E-state index contributed by atoms with van der Waals surface area (Å²) >= 11 is 6.08. The van der Waals surface area contributed by atoms with Crippen LogP contribution >= 0.6 is 11.6 Å². The van der Waals surface area contributed by atoms with Crippen molar-refractivity contribution in [1.82, 2.24) is 15.0 Å². The van der Waals surface area contributed by atoms with Crippen molar-refractivity contribution in [2.24, 2.45) is 5.92 Å². The number of aromatic amines is 1. The first-order valence-corrected chi connectivity index (χ1v) is 7.61.